The van der Waals surface area contributed by atoms with Gasteiger partial charge in [0.15, 0.2) is 23.0 Å². The summed E-state index contributed by atoms with van der Waals surface area (Å²) in [4.78, 5) is 24.9. The van der Waals surface area contributed by atoms with Gasteiger partial charge in [-0.15, -0.1) is 0 Å². The molecule has 0 saturated carbocycles. The molecule has 1 aliphatic carbocycles. The summed E-state index contributed by atoms with van der Waals surface area (Å²) in [5.41, 5.74) is 2.93. The van der Waals surface area contributed by atoms with Crippen LogP contribution in [0.5, 0.6) is 28.7 Å². The van der Waals surface area contributed by atoms with Crippen molar-refractivity contribution in [1.82, 2.24) is 0 Å². The molecule has 0 N–H and O–H groups in total. The van der Waals surface area contributed by atoms with Gasteiger partial charge in [0.2, 0.25) is 12.5 Å². The van der Waals surface area contributed by atoms with Crippen LogP contribution < -0.4 is 23.7 Å². The topological polar surface area (TPSA) is 98.8 Å². The number of methoxy groups -OCH3 is 3. The second-order valence-corrected chi connectivity index (χ2v) is 8.11. The zero-order valence-corrected chi connectivity index (χ0v) is 18.8. The van der Waals surface area contributed by atoms with Gasteiger partial charge in [-0.25, -0.2) is 0 Å². The molecule has 9 heteroatoms. The van der Waals surface area contributed by atoms with Crippen LogP contribution in [0, 0.1) is 11.8 Å². The lowest BCUT2D eigenvalue weighted by Crippen LogP contribution is -2.29. The fourth-order valence-electron chi connectivity index (χ4n) is 4.98. The molecule has 0 amide bonds. The van der Waals surface area contributed by atoms with Crippen LogP contribution in [-0.2, 0) is 25.5 Å². The quantitative estimate of drug-likeness (QED) is 0.643. The molecular weight excluding hydrogens is 432 g/mol. The highest BCUT2D eigenvalue weighted by Crippen LogP contribution is 2.55. The average molecular weight is 456 g/mol. The Hall–Kier alpha value is -3.62. The molecule has 174 valence electrons. The van der Waals surface area contributed by atoms with Crippen LogP contribution >= 0.6 is 0 Å². The minimum atomic E-state index is -0.727. The number of cyclic esters (lactones) is 1. The van der Waals surface area contributed by atoms with Crippen molar-refractivity contribution < 1.29 is 42.7 Å². The SMILES string of the molecule is COc1cc2c(c(OC)c1OC)-c1cc3c(cc1[C@H](OC(C)=O)[C@@H]1COC(=O)[C@H]1C2)OCO3. The zero-order valence-electron chi connectivity index (χ0n) is 18.8. The van der Waals surface area contributed by atoms with E-state index in [0.717, 1.165) is 11.1 Å². The Bertz CT molecular complexity index is 1140. The van der Waals surface area contributed by atoms with Crippen LogP contribution in [0.2, 0.25) is 0 Å². The highest BCUT2D eigenvalue weighted by Gasteiger charge is 2.47. The number of carbonyl (C=O) groups excluding carboxylic acids is 2. The van der Waals surface area contributed by atoms with Crippen LogP contribution in [0.1, 0.15) is 24.2 Å². The summed E-state index contributed by atoms with van der Waals surface area (Å²) < 4.78 is 39.5. The van der Waals surface area contributed by atoms with Gasteiger partial charge in [0.1, 0.15) is 6.10 Å². The molecule has 3 atom stereocenters. The van der Waals surface area contributed by atoms with Crippen molar-refractivity contribution >= 4 is 11.9 Å². The van der Waals surface area contributed by atoms with Gasteiger partial charge < -0.3 is 33.2 Å². The molecule has 0 spiro atoms. The zero-order chi connectivity index (χ0) is 23.3. The molecule has 33 heavy (non-hydrogen) atoms. The summed E-state index contributed by atoms with van der Waals surface area (Å²) in [6.07, 6.45) is -0.379. The van der Waals surface area contributed by atoms with Gasteiger partial charge in [0.25, 0.3) is 0 Å². The Kier molecular flexibility index (Phi) is 5.19. The lowest BCUT2D eigenvalue weighted by Gasteiger charge is -2.32. The number of hydrogen-bond acceptors (Lipinski definition) is 9. The van der Waals surface area contributed by atoms with Crippen LogP contribution in [0.4, 0.5) is 0 Å². The molecule has 2 aromatic rings. The normalized spacial score (nSPS) is 22.2. The monoisotopic (exact) mass is 456 g/mol. The van der Waals surface area contributed by atoms with Gasteiger partial charge in [-0.1, -0.05) is 0 Å². The minimum absolute atomic E-state index is 0.0834. The van der Waals surface area contributed by atoms with E-state index < -0.39 is 18.0 Å². The molecule has 5 rings (SSSR count). The van der Waals surface area contributed by atoms with E-state index in [9.17, 15) is 9.59 Å². The van der Waals surface area contributed by atoms with Crippen molar-refractivity contribution in [3.8, 4) is 39.9 Å². The Morgan fingerprint density at radius 2 is 1.70 bits per heavy atom. The van der Waals surface area contributed by atoms with Crippen molar-refractivity contribution in [3.63, 3.8) is 0 Å². The maximum atomic E-state index is 12.8. The predicted octanol–water partition coefficient (Wildman–Crippen LogP) is 3.06. The molecule has 0 aromatic heterocycles. The molecule has 0 radical (unpaired) electrons. The first-order valence-corrected chi connectivity index (χ1v) is 10.6. The van der Waals surface area contributed by atoms with Crippen molar-refractivity contribution in [2.24, 2.45) is 11.8 Å². The van der Waals surface area contributed by atoms with E-state index in [1.165, 1.54) is 14.0 Å². The van der Waals surface area contributed by atoms with Gasteiger partial charge in [0, 0.05) is 24.0 Å². The smallest absolute Gasteiger partial charge is 0.309 e. The number of rotatable bonds is 4. The summed E-state index contributed by atoms with van der Waals surface area (Å²) in [5, 5.41) is 0. The first-order chi connectivity index (χ1) is 16.0. The Labute approximate surface area is 190 Å². The Morgan fingerprint density at radius 1 is 0.970 bits per heavy atom. The molecule has 0 bridgehead atoms. The van der Waals surface area contributed by atoms with E-state index in [2.05, 4.69) is 0 Å². The van der Waals surface area contributed by atoms with Gasteiger partial charge >= 0.3 is 11.9 Å². The number of fused-ring (bicyclic) bond motifs is 5. The van der Waals surface area contributed by atoms with E-state index in [1.54, 1.807) is 20.3 Å². The minimum Gasteiger partial charge on any atom is -0.493 e. The number of carbonyl (C=O) groups is 2. The molecular formula is C24H24O9. The largest absolute Gasteiger partial charge is 0.493 e. The van der Waals surface area contributed by atoms with Crippen molar-refractivity contribution in [2.45, 2.75) is 19.4 Å². The van der Waals surface area contributed by atoms with Crippen molar-refractivity contribution in [1.29, 1.82) is 0 Å². The molecule has 2 heterocycles. The molecule has 1 saturated heterocycles. The number of esters is 2. The lowest BCUT2D eigenvalue weighted by molar-refractivity contribution is -0.150. The van der Waals surface area contributed by atoms with Gasteiger partial charge in [0.05, 0.1) is 33.9 Å². The average Bonchev–Trinajstić information content (AvgIpc) is 3.40. The lowest BCUT2D eigenvalue weighted by atomic mass is 9.76. The number of ether oxygens (including phenoxy) is 7. The number of hydrogen-bond donors (Lipinski definition) is 0. The maximum Gasteiger partial charge on any atom is 0.309 e. The maximum absolute atomic E-state index is 12.8. The fraction of sp³-hybridized carbons (Fsp3) is 0.417. The van der Waals surface area contributed by atoms with E-state index in [-0.39, 0.29) is 25.3 Å². The second kappa shape index (κ2) is 8.06. The molecule has 9 nitrogen and oxygen atoms in total. The first-order valence-electron chi connectivity index (χ1n) is 10.6. The summed E-state index contributed by atoms with van der Waals surface area (Å²) in [5.74, 6) is 0.764. The Balaban J connectivity index is 1.86. The van der Waals surface area contributed by atoms with Crippen LogP contribution in [0.15, 0.2) is 18.2 Å². The van der Waals surface area contributed by atoms with E-state index in [4.69, 9.17) is 33.2 Å². The van der Waals surface area contributed by atoms with E-state index >= 15 is 0 Å². The predicted molar refractivity (Wildman–Crippen MR) is 114 cm³/mol. The summed E-state index contributed by atoms with van der Waals surface area (Å²) in [7, 11) is 4.61. The van der Waals surface area contributed by atoms with Crippen LogP contribution in [0.3, 0.4) is 0 Å². The molecule has 2 aliphatic heterocycles. The summed E-state index contributed by atoms with van der Waals surface area (Å²) in [6.45, 7) is 1.58. The summed E-state index contributed by atoms with van der Waals surface area (Å²) >= 11 is 0. The highest BCUT2D eigenvalue weighted by molar-refractivity contribution is 5.86. The van der Waals surface area contributed by atoms with E-state index in [1.807, 2.05) is 12.1 Å². The van der Waals surface area contributed by atoms with Gasteiger partial charge in [-0.05, 0) is 35.7 Å². The third-order valence-electron chi connectivity index (χ3n) is 6.39. The van der Waals surface area contributed by atoms with Crippen molar-refractivity contribution in [2.75, 3.05) is 34.7 Å². The second-order valence-electron chi connectivity index (χ2n) is 8.11. The highest BCUT2D eigenvalue weighted by atomic mass is 16.7. The van der Waals surface area contributed by atoms with Crippen LogP contribution in [-0.4, -0.2) is 46.7 Å². The van der Waals surface area contributed by atoms with E-state index in [0.29, 0.717) is 46.3 Å². The molecule has 0 unspecified atom stereocenters. The molecule has 2 aromatic carbocycles. The molecule has 3 aliphatic rings. The van der Waals surface area contributed by atoms with Crippen LogP contribution in [0.25, 0.3) is 11.1 Å². The third kappa shape index (κ3) is 3.30. The van der Waals surface area contributed by atoms with Gasteiger partial charge in [-0.2, -0.15) is 0 Å². The Morgan fingerprint density at radius 3 is 2.36 bits per heavy atom. The number of benzene rings is 2. The van der Waals surface area contributed by atoms with Gasteiger partial charge in [-0.3, -0.25) is 9.59 Å². The van der Waals surface area contributed by atoms with Crippen molar-refractivity contribution in [3.05, 3.63) is 29.3 Å². The fourth-order valence-corrected chi connectivity index (χ4v) is 4.98. The standard InChI is InChI=1S/C24H24O9/c1-11(25)33-21-14-8-18-17(31-10-32-18)7-13(14)20-12(5-15-16(21)9-30-24(15)26)6-19(27-2)22(28-3)23(20)29-4/h6-8,15-16,21H,5,9-10H2,1-4H3/t15-,16+,21-/m0/s1. The first kappa shape index (κ1) is 21.2. The third-order valence-corrected chi connectivity index (χ3v) is 6.39. The summed E-state index contributed by atoms with van der Waals surface area (Å²) in [6, 6.07) is 5.50. The molecule has 1 fully saturated rings.